The summed E-state index contributed by atoms with van der Waals surface area (Å²) in [6.45, 7) is 2.64. The second-order valence-electron chi connectivity index (χ2n) is 7.97. The number of anilines is 5. The summed E-state index contributed by atoms with van der Waals surface area (Å²) in [5.41, 5.74) is -1.12. The van der Waals surface area contributed by atoms with Crippen molar-refractivity contribution in [2.75, 3.05) is 56.0 Å². The lowest BCUT2D eigenvalue weighted by atomic mass is 10.1. The Bertz CT molecular complexity index is 1280. The molecule has 0 aliphatic carbocycles. The lowest BCUT2D eigenvalue weighted by molar-refractivity contribution is -0.141. The number of hydrogen-bond donors (Lipinski definition) is 3. The Morgan fingerprint density at radius 2 is 1.78 bits per heavy atom. The quantitative estimate of drug-likeness (QED) is 0.396. The topological polar surface area (TPSA) is 101 Å². The van der Waals surface area contributed by atoms with Crippen molar-refractivity contribution in [3.05, 3.63) is 59.5 Å². The second kappa shape index (κ2) is 10.9. The van der Waals surface area contributed by atoms with Gasteiger partial charge in [0.25, 0.3) is 5.91 Å². The average molecular weight is 520 g/mol. The molecule has 1 aliphatic rings. The molecule has 0 radical (unpaired) electrons. The van der Waals surface area contributed by atoms with Crippen LogP contribution in [-0.2, 0) is 10.9 Å². The van der Waals surface area contributed by atoms with Crippen LogP contribution in [0.2, 0.25) is 0 Å². The molecule has 0 unspecified atom stereocenters. The number of methoxy groups -OCH3 is 1. The summed E-state index contributed by atoms with van der Waals surface area (Å²) in [7, 11) is 2.76. The predicted octanol–water partition coefficient (Wildman–Crippen LogP) is 4.33. The number of alkyl halides is 3. The molecule has 4 rings (SSSR count). The highest BCUT2D eigenvalue weighted by molar-refractivity contribution is 6.00. The molecular formula is C24H24F4N6O3. The number of amides is 1. The Kier molecular flexibility index (Phi) is 7.62. The van der Waals surface area contributed by atoms with Crippen LogP contribution in [-0.4, -0.2) is 56.6 Å². The molecule has 0 atom stereocenters. The van der Waals surface area contributed by atoms with E-state index in [-0.39, 0.29) is 11.5 Å². The number of morpholine rings is 1. The van der Waals surface area contributed by atoms with Gasteiger partial charge in [-0.1, -0.05) is 6.07 Å². The average Bonchev–Trinajstić information content (AvgIpc) is 2.88. The van der Waals surface area contributed by atoms with Crippen molar-refractivity contribution in [1.29, 1.82) is 0 Å². The van der Waals surface area contributed by atoms with Crippen LogP contribution in [0.1, 0.15) is 16.1 Å². The Labute approximate surface area is 209 Å². The molecule has 1 amide bonds. The maximum Gasteiger partial charge on any atom is 0.437 e. The van der Waals surface area contributed by atoms with Crippen molar-refractivity contribution in [3.8, 4) is 5.75 Å². The third kappa shape index (κ3) is 5.82. The number of halogens is 4. The van der Waals surface area contributed by atoms with E-state index in [0.717, 1.165) is 17.8 Å². The van der Waals surface area contributed by atoms with Gasteiger partial charge in [0, 0.05) is 38.0 Å². The van der Waals surface area contributed by atoms with E-state index in [9.17, 15) is 22.4 Å². The van der Waals surface area contributed by atoms with Gasteiger partial charge in [-0.3, -0.25) is 4.79 Å². The normalized spacial score (nSPS) is 13.7. The van der Waals surface area contributed by atoms with E-state index >= 15 is 0 Å². The molecule has 13 heteroatoms. The Balaban J connectivity index is 1.68. The van der Waals surface area contributed by atoms with Gasteiger partial charge in [-0.15, -0.1) is 10.2 Å². The SMILES string of the molecule is CNC(=O)c1c(F)cccc1Nc1cc(Nc2ccc(N3CCOCC3)cc2OC)nnc1C(F)(F)F. The first kappa shape index (κ1) is 25.9. The minimum atomic E-state index is -4.87. The number of carbonyl (C=O) groups is 1. The molecule has 0 spiro atoms. The van der Waals surface area contributed by atoms with Crippen LogP contribution in [0.3, 0.4) is 0 Å². The zero-order valence-corrected chi connectivity index (χ0v) is 19.9. The van der Waals surface area contributed by atoms with Gasteiger partial charge in [-0.25, -0.2) is 4.39 Å². The van der Waals surface area contributed by atoms with Crippen molar-refractivity contribution >= 4 is 34.5 Å². The van der Waals surface area contributed by atoms with Gasteiger partial charge in [0.1, 0.15) is 11.6 Å². The fourth-order valence-corrected chi connectivity index (χ4v) is 3.83. The number of rotatable bonds is 7. The Morgan fingerprint density at radius 3 is 2.46 bits per heavy atom. The smallest absolute Gasteiger partial charge is 0.437 e. The number of hydrogen-bond acceptors (Lipinski definition) is 8. The van der Waals surface area contributed by atoms with E-state index in [1.54, 1.807) is 12.1 Å². The van der Waals surface area contributed by atoms with E-state index in [2.05, 4.69) is 31.0 Å². The second-order valence-corrected chi connectivity index (χ2v) is 7.97. The molecular weight excluding hydrogens is 496 g/mol. The first-order chi connectivity index (χ1) is 17.7. The van der Waals surface area contributed by atoms with E-state index in [1.165, 1.54) is 26.3 Å². The summed E-state index contributed by atoms with van der Waals surface area (Å²) in [5, 5.41) is 14.7. The number of nitrogens with zero attached hydrogens (tertiary/aromatic N) is 3. The molecule has 9 nitrogen and oxygen atoms in total. The van der Waals surface area contributed by atoms with E-state index in [1.807, 2.05) is 6.07 Å². The lowest BCUT2D eigenvalue weighted by Gasteiger charge is -2.29. The van der Waals surface area contributed by atoms with E-state index in [4.69, 9.17) is 9.47 Å². The zero-order valence-electron chi connectivity index (χ0n) is 19.9. The molecule has 37 heavy (non-hydrogen) atoms. The Morgan fingerprint density at radius 1 is 1.03 bits per heavy atom. The van der Waals surface area contributed by atoms with Gasteiger partial charge < -0.3 is 30.3 Å². The number of ether oxygens (including phenoxy) is 2. The molecule has 0 bridgehead atoms. The van der Waals surface area contributed by atoms with Gasteiger partial charge >= 0.3 is 6.18 Å². The monoisotopic (exact) mass is 520 g/mol. The number of aromatic nitrogens is 2. The molecule has 1 aromatic heterocycles. The van der Waals surface area contributed by atoms with Crippen molar-refractivity contribution in [1.82, 2.24) is 15.5 Å². The van der Waals surface area contributed by atoms with Crippen LogP contribution in [0.5, 0.6) is 5.75 Å². The van der Waals surface area contributed by atoms with E-state index in [0.29, 0.717) is 37.7 Å². The highest BCUT2D eigenvalue weighted by Gasteiger charge is 2.37. The summed E-state index contributed by atoms with van der Waals surface area (Å²) >= 11 is 0. The minimum Gasteiger partial charge on any atom is -0.494 e. The van der Waals surface area contributed by atoms with Crippen LogP contribution >= 0.6 is 0 Å². The van der Waals surface area contributed by atoms with E-state index < -0.39 is 34.8 Å². The Hall–Kier alpha value is -4.13. The van der Waals surface area contributed by atoms with Gasteiger partial charge in [0.2, 0.25) is 0 Å². The van der Waals surface area contributed by atoms with Crippen LogP contribution in [0.25, 0.3) is 0 Å². The highest BCUT2D eigenvalue weighted by atomic mass is 19.4. The predicted molar refractivity (Wildman–Crippen MR) is 129 cm³/mol. The number of nitrogens with one attached hydrogen (secondary N) is 3. The molecule has 3 aromatic rings. The molecule has 1 aliphatic heterocycles. The first-order valence-electron chi connectivity index (χ1n) is 11.2. The number of carbonyl (C=O) groups excluding carboxylic acids is 1. The maximum atomic E-state index is 14.4. The van der Waals surface area contributed by atoms with Crippen molar-refractivity contribution in [2.45, 2.75) is 6.18 Å². The molecule has 1 saturated heterocycles. The fraction of sp³-hybridized carbons (Fsp3) is 0.292. The van der Waals surface area contributed by atoms with Crippen LogP contribution in [0, 0.1) is 5.82 Å². The molecule has 2 aromatic carbocycles. The highest BCUT2D eigenvalue weighted by Crippen LogP contribution is 2.37. The zero-order chi connectivity index (χ0) is 26.6. The summed E-state index contributed by atoms with van der Waals surface area (Å²) in [5.74, 6) is -1.30. The number of benzene rings is 2. The van der Waals surface area contributed by atoms with Crippen molar-refractivity contribution < 1.29 is 31.8 Å². The first-order valence-corrected chi connectivity index (χ1v) is 11.2. The van der Waals surface area contributed by atoms with Crippen LogP contribution in [0.15, 0.2) is 42.5 Å². The molecule has 2 heterocycles. The fourth-order valence-electron chi connectivity index (χ4n) is 3.83. The third-order valence-corrected chi connectivity index (χ3v) is 5.62. The standard InChI is InChI=1S/C24H24F4N6O3/c1-29-23(35)21-15(25)4-3-5-17(21)30-18-13-20(32-33-22(18)24(26,27)28)31-16-7-6-14(12-19(16)36-2)34-8-10-37-11-9-34/h3-7,12-13H,8-11H2,1-2H3,(H,29,35)(H2,30,31,32). The maximum absolute atomic E-state index is 14.4. The van der Waals surface area contributed by atoms with Gasteiger partial charge in [-0.05, 0) is 24.3 Å². The molecule has 0 saturated carbocycles. The summed E-state index contributed by atoms with van der Waals surface area (Å²) in [6, 6.07) is 10.0. The van der Waals surface area contributed by atoms with Crippen molar-refractivity contribution in [2.24, 2.45) is 0 Å². The third-order valence-electron chi connectivity index (χ3n) is 5.62. The molecule has 3 N–H and O–H groups in total. The summed E-state index contributed by atoms with van der Waals surface area (Å²) in [6.07, 6.45) is -4.87. The van der Waals surface area contributed by atoms with Crippen molar-refractivity contribution in [3.63, 3.8) is 0 Å². The lowest BCUT2D eigenvalue weighted by Crippen LogP contribution is -2.36. The summed E-state index contributed by atoms with van der Waals surface area (Å²) < 4.78 is 66.3. The van der Waals surface area contributed by atoms with Crippen LogP contribution < -0.4 is 25.6 Å². The van der Waals surface area contributed by atoms with Gasteiger partial charge in [-0.2, -0.15) is 13.2 Å². The largest absolute Gasteiger partial charge is 0.494 e. The van der Waals surface area contributed by atoms with Gasteiger partial charge in [0.15, 0.2) is 11.5 Å². The van der Waals surface area contributed by atoms with Crippen LogP contribution in [0.4, 0.5) is 46.1 Å². The van der Waals surface area contributed by atoms with Gasteiger partial charge in [0.05, 0.1) is 42.9 Å². The minimum absolute atomic E-state index is 0.0363. The summed E-state index contributed by atoms with van der Waals surface area (Å²) in [4.78, 5) is 14.3. The molecule has 196 valence electrons. The molecule has 1 fully saturated rings.